The third kappa shape index (κ3) is 4.28. The average molecular weight is 374 g/mol. The fourth-order valence-electron chi connectivity index (χ4n) is 2.90. The number of morpholine rings is 1. The minimum atomic E-state index is -0.926. The van der Waals surface area contributed by atoms with Gasteiger partial charge in [0.05, 0.1) is 19.1 Å². The summed E-state index contributed by atoms with van der Waals surface area (Å²) in [6.07, 6.45) is -0.569. The van der Waals surface area contributed by atoms with E-state index in [-0.39, 0.29) is 18.9 Å². The highest BCUT2D eigenvalue weighted by atomic mass is 32.1. The topological polar surface area (TPSA) is 79.7 Å². The van der Waals surface area contributed by atoms with Gasteiger partial charge >= 0.3 is 5.97 Å². The molecular weight excluding hydrogens is 352 g/mol. The Balaban J connectivity index is 1.70. The fraction of sp³-hybridized carbons (Fsp3) is 0.421. The van der Waals surface area contributed by atoms with E-state index < -0.39 is 12.1 Å². The molecule has 6 nitrogen and oxygen atoms in total. The van der Waals surface area contributed by atoms with Crippen LogP contribution in [0.5, 0.6) is 0 Å². The summed E-state index contributed by atoms with van der Waals surface area (Å²) in [6.45, 7) is 5.37. The summed E-state index contributed by atoms with van der Waals surface area (Å²) in [5, 5.41) is 11.5. The molecule has 2 aromatic rings. The lowest BCUT2D eigenvalue weighted by molar-refractivity contribution is -0.141. The van der Waals surface area contributed by atoms with Gasteiger partial charge in [0, 0.05) is 24.0 Å². The number of ether oxygens (including phenoxy) is 1. The van der Waals surface area contributed by atoms with Crippen LogP contribution in [0.2, 0.25) is 0 Å². The quantitative estimate of drug-likeness (QED) is 0.869. The monoisotopic (exact) mass is 374 g/mol. The first kappa shape index (κ1) is 18.5. The Labute approximate surface area is 156 Å². The maximum atomic E-state index is 12.7. The number of benzene rings is 1. The molecule has 0 radical (unpaired) electrons. The number of hydrogen-bond donors (Lipinski definition) is 1. The maximum Gasteiger partial charge on any atom is 0.306 e. The number of nitrogens with zero attached hydrogens (tertiary/aromatic N) is 2. The molecule has 0 bridgehead atoms. The Morgan fingerprint density at radius 1 is 1.35 bits per heavy atom. The van der Waals surface area contributed by atoms with Gasteiger partial charge in [-0.2, -0.15) is 0 Å². The molecule has 0 spiro atoms. The molecule has 1 aromatic carbocycles. The van der Waals surface area contributed by atoms with Crippen LogP contribution in [-0.4, -0.2) is 52.7 Å². The van der Waals surface area contributed by atoms with Gasteiger partial charge < -0.3 is 14.7 Å². The first-order valence-corrected chi connectivity index (χ1v) is 9.50. The molecule has 0 unspecified atom stereocenters. The van der Waals surface area contributed by atoms with Gasteiger partial charge in [-0.15, -0.1) is 11.3 Å². The van der Waals surface area contributed by atoms with Crippen molar-refractivity contribution in [3.05, 3.63) is 40.9 Å². The molecule has 1 aliphatic heterocycles. The molecule has 1 N–H and O–H groups in total. The molecule has 138 valence electrons. The van der Waals surface area contributed by atoms with Crippen molar-refractivity contribution in [3.8, 4) is 10.6 Å². The van der Waals surface area contributed by atoms with Crippen LogP contribution in [0, 0.1) is 0 Å². The van der Waals surface area contributed by atoms with Gasteiger partial charge in [-0.3, -0.25) is 9.59 Å². The van der Waals surface area contributed by atoms with Gasteiger partial charge in [0.25, 0.3) is 5.91 Å². The van der Waals surface area contributed by atoms with Crippen molar-refractivity contribution in [2.24, 2.45) is 0 Å². The van der Waals surface area contributed by atoms with Crippen LogP contribution in [0.15, 0.2) is 29.6 Å². The maximum absolute atomic E-state index is 12.7. The summed E-state index contributed by atoms with van der Waals surface area (Å²) >= 11 is 1.44. The lowest BCUT2D eigenvalue weighted by Crippen LogP contribution is -2.46. The smallest absolute Gasteiger partial charge is 0.306 e. The Morgan fingerprint density at radius 2 is 2.08 bits per heavy atom. The highest BCUT2D eigenvalue weighted by Crippen LogP contribution is 2.26. The van der Waals surface area contributed by atoms with E-state index >= 15 is 0 Å². The third-order valence-corrected chi connectivity index (χ3v) is 5.27. The summed E-state index contributed by atoms with van der Waals surface area (Å²) in [6, 6.07) is 8.23. The number of hydrogen-bond acceptors (Lipinski definition) is 5. The number of carboxylic acid groups (broad SMARTS) is 1. The zero-order valence-corrected chi connectivity index (χ0v) is 15.7. The molecule has 1 aliphatic rings. The van der Waals surface area contributed by atoms with Crippen molar-refractivity contribution in [1.82, 2.24) is 9.88 Å². The molecule has 1 fully saturated rings. The first-order chi connectivity index (χ1) is 12.4. The summed E-state index contributed by atoms with van der Waals surface area (Å²) in [5.74, 6) is -0.632. The van der Waals surface area contributed by atoms with Crippen LogP contribution in [0.4, 0.5) is 0 Å². The standard InChI is InChI=1S/C19H22N2O4S/c1-12(2)13-3-5-14(6-4-13)18-20-16(11-26-18)19(24)21-7-8-25-15(10-21)9-17(22)23/h3-6,11-12,15H,7-10H2,1-2H3,(H,22,23)/t15-/m1/s1. The van der Waals surface area contributed by atoms with E-state index in [1.54, 1.807) is 10.3 Å². The number of rotatable bonds is 5. The van der Waals surface area contributed by atoms with Gasteiger partial charge in [0.15, 0.2) is 0 Å². The van der Waals surface area contributed by atoms with Crippen molar-refractivity contribution in [2.45, 2.75) is 32.3 Å². The second kappa shape index (κ2) is 7.97. The number of thiazole rings is 1. The SMILES string of the molecule is CC(C)c1ccc(-c2nc(C(=O)N3CCO[C@H](CC(=O)O)C3)cs2)cc1. The molecule has 2 heterocycles. The zero-order valence-electron chi connectivity index (χ0n) is 14.8. The molecule has 0 saturated carbocycles. The van der Waals surface area contributed by atoms with Crippen LogP contribution in [-0.2, 0) is 9.53 Å². The minimum absolute atomic E-state index is 0.103. The molecule has 1 amide bonds. The molecule has 3 rings (SSSR count). The highest BCUT2D eigenvalue weighted by molar-refractivity contribution is 7.13. The summed E-state index contributed by atoms with van der Waals surface area (Å²) in [4.78, 5) is 29.6. The number of carboxylic acids is 1. The van der Waals surface area contributed by atoms with Crippen molar-refractivity contribution in [1.29, 1.82) is 0 Å². The van der Waals surface area contributed by atoms with Crippen molar-refractivity contribution in [2.75, 3.05) is 19.7 Å². The van der Waals surface area contributed by atoms with Crippen LogP contribution < -0.4 is 0 Å². The third-order valence-electron chi connectivity index (χ3n) is 4.38. The zero-order chi connectivity index (χ0) is 18.7. The lowest BCUT2D eigenvalue weighted by Gasteiger charge is -2.31. The van der Waals surface area contributed by atoms with E-state index in [1.165, 1.54) is 16.9 Å². The van der Waals surface area contributed by atoms with Gasteiger partial charge in [-0.25, -0.2) is 4.98 Å². The molecule has 0 aliphatic carbocycles. The Morgan fingerprint density at radius 3 is 2.73 bits per heavy atom. The van der Waals surface area contributed by atoms with Crippen molar-refractivity contribution in [3.63, 3.8) is 0 Å². The van der Waals surface area contributed by atoms with Gasteiger partial charge in [-0.1, -0.05) is 38.1 Å². The largest absolute Gasteiger partial charge is 0.481 e. The summed E-state index contributed by atoms with van der Waals surface area (Å²) in [7, 11) is 0. The van der Waals surface area contributed by atoms with Crippen LogP contribution >= 0.6 is 11.3 Å². The van der Waals surface area contributed by atoms with E-state index in [1.807, 2.05) is 12.1 Å². The number of carbonyl (C=O) groups excluding carboxylic acids is 1. The first-order valence-electron chi connectivity index (χ1n) is 8.62. The van der Waals surface area contributed by atoms with Crippen LogP contribution in [0.3, 0.4) is 0 Å². The number of amides is 1. The Kier molecular flexibility index (Phi) is 5.68. The molecule has 7 heteroatoms. The minimum Gasteiger partial charge on any atom is -0.481 e. The molecule has 1 aromatic heterocycles. The van der Waals surface area contributed by atoms with Crippen molar-refractivity contribution >= 4 is 23.2 Å². The second-order valence-electron chi connectivity index (χ2n) is 6.66. The summed E-state index contributed by atoms with van der Waals surface area (Å²) < 4.78 is 5.42. The number of aromatic nitrogens is 1. The fourth-order valence-corrected chi connectivity index (χ4v) is 3.70. The predicted molar refractivity (Wildman–Crippen MR) is 99.5 cm³/mol. The Hall–Kier alpha value is -2.25. The van der Waals surface area contributed by atoms with Crippen LogP contribution in [0.1, 0.15) is 42.2 Å². The van der Waals surface area contributed by atoms with Gasteiger partial charge in [0.1, 0.15) is 10.7 Å². The van der Waals surface area contributed by atoms with Crippen molar-refractivity contribution < 1.29 is 19.4 Å². The van der Waals surface area contributed by atoms with E-state index in [0.29, 0.717) is 24.8 Å². The van der Waals surface area contributed by atoms with Gasteiger partial charge in [-0.05, 0) is 11.5 Å². The highest BCUT2D eigenvalue weighted by Gasteiger charge is 2.27. The van der Waals surface area contributed by atoms with Crippen LogP contribution in [0.25, 0.3) is 10.6 Å². The summed E-state index contributed by atoms with van der Waals surface area (Å²) in [5.41, 5.74) is 2.65. The Bertz CT molecular complexity index is 785. The second-order valence-corrected chi connectivity index (χ2v) is 7.51. The number of carbonyl (C=O) groups is 2. The predicted octanol–water partition coefficient (Wildman–Crippen LogP) is 3.25. The number of aliphatic carboxylic acids is 1. The lowest BCUT2D eigenvalue weighted by atomic mass is 10.0. The van der Waals surface area contributed by atoms with E-state index in [4.69, 9.17) is 9.84 Å². The van der Waals surface area contributed by atoms with E-state index in [9.17, 15) is 9.59 Å². The van der Waals surface area contributed by atoms with Gasteiger partial charge in [0.2, 0.25) is 0 Å². The van der Waals surface area contributed by atoms with E-state index in [0.717, 1.165) is 10.6 Å². The molecule has 1 atom stereocenters. The molecule has 1 saturated heterocycles. The normalized spacial score (nSPS) is 17.5. The average Bonchev–Trinajstić information content (AvgIpc) is 3.11. The molecule has 26 heavy (non-hydrogen) atoms. The van der Waals surface area contributed by atoms with E-state index in [2.05, 4.69) is 31.0 Å². The molecular formula is C19H22N2O4S.